The molecule has 2 saturated heterocycles. The van der Waals surface area contributed by atoms with E-state index in [0.717, 1.165) is 31.0 Å². The number of urea groups is 2. The number of ether oxygens (including phenoxy) is 2. The molecular weight excluding hydrogens is 548 g/mol. The molecule has 2 unspecified atom stereocenters. The van der Waals surface area contributed by atoms with Gasteiger partial charge in [-0.15, -0.1) is 8.57 Å². The molecule has 0 radical (unpaired) electrons. The smallest absolute Gasteiger partial charge is 0.442 e. The topological polar surface area (TPSA) is 144 Å². The van der Waals surface area contributed by atoms with Crippen molar-refractivity contribution in [3.63, 3.8) is 0 Å². The third kappa shape index (κ3) is 4.31. The molecule has 196 valence electrons. The highest BCUT2D eigenvalue weighted by Crippen LogP contribution is 2.36. The molecule has 17 heteroatoms. The number of carbonyl (C=O) groups excluding carboxylic acids is 2. The Balaban J connectivity index is 1.18. The maximum absolute atomic E-state index is 12.8. The van der Waals surface area contributed by atoms with Crippen molar-refractivity contribution in [1.29, 1.82) is 0 Å². The zero-order valence-corrected chi connectivity index (χ0v) is 21.9. The van der Waals surface area contributed by atoms with E-state index in [2.05, 4.69) is 9.97 Å². The molecule has 0 aromatic carbocycles. The van der Waals surface area contributed by atoms with Crippen LogP contribution in [0, 0.1) is 0 Å². The number of nitrogens with zero attached hydrogens (tertiary/aromatic N) is 6. The van der Waals surface area contributed by atoms with Crippen LogP contribution in [0.1, 0.15) is 9.75 Å². The molecule has 2 fully saturated rings. The lowest BCUT2D eigenvalue weighted by Gasteiger charge is -2.22. The minimum atomic E-state index is -4.82. The molecule has 37 heavy (non-hydrogen) atoms. The van der Waals surface area contributed by atoms with Gasteiger partial charge in [-0.05, 0) is 11.1 Å². The normalized spacial score (nSPS) is 23.1. The molecule has 0 saturated carbocycles. The predicted octanol–water partition coefficient (Wildman–Crippen LogP) is 1.43. The number of carbonyl (C=O) groups is 2. The lowest BCUT2D eigenvalue weighted by molar-refractivity contribution is -0.0723. The van der Waals surface area contributed by atoms with Gasteiger partial charge in [0.2, 0.25) is 0 Å². The van der Waals surface area contributed by atoms with Crippen LogP contribution in [-0.2, 0) is 19.0 Å². The number of methoxy groups -OCH3 is 2. The van der Waals surface area contributed by atoms with Crippen molar-refractivity contribution in [2.75, 3.05) is 40.4 Å². The number of hydrogen-bond acceptors (Lipinski definition) is 12. The van der Waals surface area contributed by atoms with E-state index in [1.165, 1.54) is 46.7 Å². The summed E-state index contributed by atoms with van der Waals surface area (Å²) in [7, 11) is -1.79. The van der Waals surface area contributed by atoms with E-state index >= 15 is 0 Å². The number of aromatic nitrogens is 2. The molecule has 4 aliphatic rings. The fraction of sp³-hybridized carbons (Fsp3) is 0.400. The molecule has 4 bridgehead atoms. The summed E-state index contributed by atoms with van der Waals surface area (Å²) < 4.78 is 46.1. The van der Waals surface area contributed by atoms with E-state index in [1.54, 1.807) is 24.5 Å². The molecule has 6 heterocycles. The van der Waals surface area contributed by atoms with Crippen LogP contribution in [0.3, 0.4) is 0 Å². The first-order valence-electron chi connectivity index (χ1n) is 11.0. The van der Waals surface area contributed by atoms with Crippen LogP contribution in [0.5, 0.6) is 10.4 Å². The number of rotatable bonds is 8. The van der Waals surface area contributed by atoms with Gasteiger partial charge >= 0.3 is 22.5 Å². The summed E-state index contributed by atoms with van der Waals surface area (Å²) in [6.07, 6.45) is 6.77. The number of fused-ring (bicyclic) bond motifs is 4. The number of hydroxylamine groups is 4. The molecule has 14 nitrogen and oxygen atoms in total. The van der Waals surface area contributed by atoms with Gasteiger partial charge < -0.3 is 19.3 Å². The van der Waals surface area contributed by atoms with E-state index in [0.29, 0.717) is 10.4 Å². The summed E-state index contributed by atoms with van der Waals surface area (Å²) in [6, 6.07) is -2.60. The summed E-state index contributed by atoms with van der Waals surface area (Å²) in [5.41, 5.74) is 1.59. The minimum Gasteiger partial charge on any atom is -0.473 e. The van der Waals surface area contributed by atoms with Gasteiger partial charge in [0.15, 0.2) is 0 Å². The van der Waals surface area contributed by atoms with Crippen LogP contribution >= 0.6 is 22.7 Å². The van der Waals surface area contributed by atoms with Crippen LogP contribution in [-0.4, -0.2) is 103 Å². The highest BCUT2D eigenvalue weighted by molar-refractivity contribution is 7.81. The molecule has 6 rings (SSSR count). The van der Waals surface area contributed by atoms with E-state index in [1.807, 2.05) is 0 Å². The van der Waals surface area contributed by atoms with Crippen LogP contribution in [0.25, 0.3) is 11.1 Å². The first kappa shape index (κ1) is 24.1. The van der Waals surface area contributed by atoms with Gasteiger partial charge in [0, 0.05) is 38.6 Å². The second-order valence-corrected chi connectivity index (χ2v) is 11.5. The van der Waals surface area contributed by atoms with Crippen molar-refractivity contribution in [1.82, 2.24) is 29.9 Å². The lowest BCUT2D eigenvalue weighted by atomic mass is 10.1. The molecule has 2 atom stereocenters. The second-order valence-electron chi connectivity index (χ2n) is 8.44. The van der Waals surface area contributed by atoms with Crippen molar-refractivity contribution < 1.29 is 36.0 Å². The van der Waals surface area contributed by atoms with Gasteiger partial charge in [0.05, 0.1) is 36.1 Å². The number of thiazole rings is 2. The van der Waals surface area contributed by atoms with Gasteiger partial charge in [0.1, 0.15) is 0 Å². The van der Waals surface area contributed by atoms with Crippen molar-refractivity contribution in [3.05, 3.63) is 34.3 Å². The summed E-state index contributed by atoms with van der Waals surface area (Å²) in [5, 5.41) is 2.45. The van der Waals surface area contributed by atoms with Gasteiger partial charge in [-0.3, -0.25) is 0 Å². The SMILES string of the molecule is COc1ncc(C2=CC3CN(C2)C(=O)N3OS(=O)(=O)ON2C(=O)N3CC(c4cnc(OC)s4)=CC2C3)s1. The maximum atomic E-state index is 12.8. The molecular formula is C20H20N6O8S3. The minimum absolute atomic E-state index is 0.247. The molecule has 0 spiro atoms. The summed E-state index contributed by atoms with van der Waals surface area (Å²) >= 11 is 2.62. The van der Waals surface area contributed by atoms with Crippen LogP contribution in [0.15, 0.2) is 24.5 Å². The quantitative estimate of drug-likeness (QED) is 0.459. The zero-order valence-electron chi connectivity index (χ0n) is 19.5. The third-order valence-corrected chi connectivity index (χ3v) is 8.89. The van der Waals surface area contributed by atoms with Gasteiger partial charge in [-0.2, -0.15) is 18.5 Å². The summed E-state index contributed by atoms with van der Waals surface area (Å²) in [6.45, 7) is 1.02. The summed E-state index contributed by atoms with van der Waals surface area (Å²) in [5.74, 6) is 0. The first-order valence-corrected chi connectivity index (χ1v) is 13.9. The monoisotopic (exact) mass is 568 g/mol. The largest absolute Gasteiger partial charge is 0.473 e. The van der Waals surface area contributed by atoms with Gasteiger partial charge in [-0.25, -0.2) is 19.6 Å². The second kappa shape index (κ2) is 8.95. The first-order chi connectivity index (χ1) is 17.7. The van der Waals surface area contributed by atoms with Gasteiger partial charge in [0.25, 0.3) is 10.4 Å². The van der Waals surface area contributed by atoms with E-state index < -0.39 is 34.5 Å². The number of amides is 4. The number of hydrogen-bond donors (Lipinski definition) is 0. The van der Waals surface area contributed by atoms with Crippen molar-refractivity contribution in [2.24, 2.45) is 0 Å². The zero-order chi connectivity index (χ0) is 25.9. The Morgan fingerprint density at radius 3 is 1.62 bits per heavy atom. The van der Waals surface area contributed by atoms with Crippen molar-refractivity contribution >= 4 is 56.3 Å². The maximum Gasteiger partial charge on any atom is 0.442 e. The average molecular weight is 569 g/mol. The Morgan fingerprint density at radius 1 is 0.811 bits per heavy atom. The Hall–Kier alpha value is -3.25. The highest BCUT2D eigenvalue weighted by atomic mass is 32.3. The molecule has 0 aliphatic carbocycles. The van der Waals surface area contributed by atoms with E-state index in [-0.39, 0.29) is 26.2 Å². The van der Waals surface area contributed by atoms with Gasteiger partial charge in [-0.1, -0.05) is 34.8 Å². The molecule has 2 aromatic rings. The molecule has 0 N–H and O–H groups in total. The fourth-order valence-corrected chi connectivity index (χ4v) is 6.77. The lowest BCUT2D eigenvalue weighted by Crippen LogP contribution is -2.40. The van der Waals surface area contributed by atoms with E-state index in [9.17, 15) is 18.0 Å². The highest BCUT2D eigenvalue weighted by Gasteiger charge is 2.47. The van der Waals surface area contributed by atoms with Crippen LogP contribution in [0.2, 0.25) is 0 Å². The van der Waals surface area contributed by atoms with Crippen molar-refractivity contribution in [3.8, 4) is 10.4 Å². The Kier molecular flexibility index (Phi) is 5.83. The standard InChI is InChI=1S/C20H20N6O8S3/c1-31-17-21-5-15(35-17)11-3-13-9-23(7-11)19(27)25(13)33-37(29,30)34-26-14-4-12(8-24(10-14)20(26)28)16-6-22-18(32-2)36-16/h3-6,13-14H,7-10H2,1-2H3. The Labute approximate surface area is 219 Å². The van der Waals surface area contributed by atoms with Crippen LogP contribution < -0.4 is 9.47 Å². The molecule has 2 aromatic heterocycles. The molecule has 4 amide bonds. The Bertz CT molecular complexity index is 1330. The van der Waals surface area contributed by atoms with E-state index in [4.69, 9.17) is 18.0 Å². The third-order valence-electron chi connectivity index (χ3n) is 6.14. The van der Waals surface area contributed by atoms with Crippen LogP contribution in [0.4, 0.5) is 9.59 Å². The predicted molar refractivity (Wildman–Crippen MR) is 130 cm³/mol. The molecule has 4 aliphatic heterocycles. The Morgan fingerprint density at radius 2 is 1.24 bits per heavy atom. The van der Waals surface area contributed by atoms with Crippen molar-refractivity contribution in [2.45, 2.75) is 12.1 Å². The summed E-state index contributed by atoms with van der Waals surface area (Å²) in [4.78, 5) is 38.5. The fourth-order valence-electron chi connectivity index (χ4n) is 4.51. The average Bonchev–Trinajstić information content (AvgIpc) is 3.65.